The zero-order chi connectivity index (χ0) is 28.1. The fraction of sp³-hybridized carbons (Fsp3) is 0.250. The van der Waals surface area contributed by atoms with Crippen molar-refractivity contribution < 1.29 is 22.0 Å². The second-order valence-electron chi connectivity index (χ2n) is 9.51. The normalized spacial score (nSPS) is 12.8. The molecule has 0 atom stereocenters. The van der Waals surface area contributed by atoms with Gasteiger partial charge in [-0.15, -0.1) is 10.2 Å². The molecule has 202 valence electrons. The fourth-order valence-corrected chi connectivity index (χ4v) is 5.22. The molecule has 0 saturated carbocycles. The molecule has 0 fully saturated rings. The summed E-state index contributed by atoms with van der Waals surface area (Å²) < 4.78 is 55.0. The number of fused-ring (bicyclic) bond motifs is 1. The lowest BCUT2D eigenvalue weighted by Gasteiger charge is -2.20. The van der Waals surface area contributed by atoms with Gasteiger partial charge in [0.15, 0.2) is 11.2 Å². The zero-order valence-electron chi connectivity index (χ0n) is 22.1. The quantitative estimate of drug-likeness (QED) is 0.334. The fourth-order valence-electron chi connectivity index (χ4n) is 4.59. The molecule has 0 saturated heterocycles. The van der Waals surface area contributed by atoms with E-state index in [1.54, 1.807) is 63.6 Å². The number of aryl methyl sites for hydroxylation is 4. The maximum Gasteiger partial charge on any atom is 0.244 e. The summed E-state index contributed by atoms with van der Waals surface area (Å²) in [5, 5.41) is 8.00. The molecule has 2 aromatic heterocycles. The Kier molecular flexibility index (Phi) is 6.63. The molecule has 0 amide bonds. The van der Waals surface area contributed by atoms with Gasteiger partial charge in [-0.2, -0.15) is 0 Å². The van der Waals surface area contributed by atoms with Crippen molar-refractivity contribution in [1.29, 1.82) is 0 Å². The van der Waals surface area contributed by atoms with Crippen molar-refractivity contribution in [3.05, 3.63) is 92.3 Å². The number of benzene rings is 2. The highest BCUT2D eigenvalue weighted by Crippen LogP contribution is 2.38. The van der Waals surface area contributed by atoms with E-state index >= 15 is 0 Å². The summed E-state index contributed by atoms with van der Waals surface area (Å²) in [4.78, 5) is 13.1. The van der Waals surface area contributed by atoms with E-state index < -0.39 is 10.0 Å². The third kappa shape index (κ3) is 5.09. The Morgan fingerprint density at radius 1 is 1.08 bits per heavy atom. The first-order valence-electron chi connectivity index (χ1n) is 12.3. The number of nitrogens with one attached hydrogen (secondary N) is 1. The number of rotatable bonds is 7. The van der Waals surface area contributed by atoms with E-state index in [1.807, 2.05) is 6.08 Å². The van der Waals surface area contributed by atoms with E-state index in [1.165, 1.54) is 12.1 Å². The summed E-state index contributed by atoms with van der Waals surface area (Å²) in [6.45, 7) is 8.44. The summed E-state index contributed by atoms with van der Waals surface area (Å²) in [6, 6.07) is 7.65. The average molecular weight is 551 g/mol. The molecule has 1 N–H and O–H groups in total. The van der Waals surface area contributed by atoms with Crippen molar-refractivity contribution in [3.63, 3.8) is 0 Å². The number of hydrogen-bond acceptors (Lipinski definition) is 7. The zero-order valence-corrected chi connectivity index (χ0v) is 22.9. The minimum atomic E-state index is -3.56. The Bertz CT molecular complexity index is 1800. The van der Waals surface area contributed by atoms with Gasteiger partial charge in [-0.25, -0.2) is 12.8 Å². The van der Waals surface area contributed by atoms with Gasteiger partial charge in [-0.3, -0.25) is 9.52 Å². The van der Waals surface area contributed by atoms with Crippen molar-refractivity contribution >= 4 is 27.4 Å². The molecule has 0 unspecified atom stereocenters. The van der Waals surface area contributed by atoms with E-state index in [4.69, 9.17) is 9.15 Å². The summed E-state index contributed by atoms with van der Waals surface area (Å²) in [6.07, 6.45) is 3.79. The van der Waals surface area contributed by atoms with E-state index in [-0.39, 0.29) is 17.0 Å². The third-order valence-electron chi connectivity index (χ3n) is 6.51. The maximum atomic E-state index is 14.0. The molecule has 0 bridgehead atoms. The van der Waals surface area contributed by atoms with Crippen molar-refractivity contribution in [3.8, 4) is 17.2 Å². The number of halogens is 1. The molecule has 1 aliphatic carbocycles. The van der Waals surface area contributed by atoms with Crippen LogP contribution in [0, 0.1) is 33.5 Å². The standard InChI is InChI=1S/C28H27FN4O5S/c1-6-39(35,36)32-21-7-8-25(38-27-15(2)9-20(29)10-16(27)3)24(13-21)33-14-17(4)26(34)22-11-19(12-23(22)33)28-31-30-18(5)37-28/h7-10,12-14,32H,6,11H2,1-5H3. The number of hydrogen-bond donors (Lipinski definition) is 1. The number of nitrogens with zero attached hydrogens (tertiary/aromatic N) is 3. The van der Waals surface area contributed by atoms with Gasteiger partial charge in [-0.1, -0.05) is 0 Å². The number of allylic oxidation sites excluding steroid dienone is 1. The van der Waals surface area contributed by atoms with Crippen LogP contribution in [0.5, 0.6) is 11.5 Å². The molecular formula is C28H27FN4O5S. The van der Waals surface area contributed by atoms with Crippen LogP contribution >= 0.6 is 0 Å². The van der Waals surface area contributed by atoms with Crippen LogP contribution in [0.15, 0.2) is 45.7 Å². The van der Waals surface area contributed by atoms with Crippen molar-refractivity contribution in [2.24, 2.45) is 0 Å². The number of sulfonamides is 1. The molecule has 0 aliphatic heterocycles. The van der Waals surface area contributed by atoms with Crippen LogP contribution in [0.25, 0.3) is 17.3 Å². The van der Waals surface area contributed by atoms with Gasteiger partial charge in [-0.05, 0) is 75.2 Å². The van der Waals surface area contributed by atoms with E-state index in [9.17, 15) is 17.6 Å². The highest BCUT2D eigenvalue weighted by molar-refractivity contribution is 7.92. The van der Waals surface area contributed by atoms with Gasteiger partial charge >= 0.3 is 0 Å². The molecule has 0 spiro atoms. The van der Waals surface area contributed by atoms with Crippen molar-refractivity contribution in [2.75, 3.05) is 10.5 Å². The maximum absolute atomic E-state index is 14.0. The predicted molar refractivity (Wildman–Crippen MR) is 146 cm³/mol. The molecule has 0 radical (unpaired) electrons. The lowest BCUT2D eigenvalue weighted by Crippen LogP contribution is -2.18. The second-order valence-corrected chi connectivity index (χ2v) is 11.5. The number of aromatic nitrogens is 3. The van der Waals surface area contributed by atoms with E-state index in [0.29, 0.717) is 74.6 Å². The molecule has 4 aromatic rings. The predicted octanol–water partition coefficient (Wildman–Crippen LogP) is 5.24. The van der Waals surface area contributed by atoms with Crippen LogP contribution < -0.4 is 14.9 Å². The average Bonchev–Trinajstić information content (AvgIpc) is 3.51. The van der Waals surface area contributed by atoms with E-state index in [2.05, 4.69) is 14.9 Å². The smallest absolute Gasteiger partial charge is 0.244 e. The van der Waals surface area contributed by atoms with Gasteiger partial charge in [0.25, 0.3) is 0 Å². The van der Waals surface area contributed by atoms with Gasteiger partial charge in [0.1, 0.15) is 11.6 Å². The van der Waals surface area contributed by atoms with Crippen LogP contribution in [0.2, 0.25) is 0 Å². The van der Waals surface area contributed by atoms with Gasteiger partial charge in [0, 0.05) is 36.2 Å². The van der Waals surface area contributed by atoms with Crippen LogP contribution in [0.1, 0.15) is 46.7 Å². The van der Waals surface area contributed by atoms with Crippen LogP contribution in [0.3, 0.4) is 0 Å². The monoisotopic (exact) mass is 550 g/mol. The Labute approximate surface area is 225 Å². The Balaban J connectivity index is 1.72. The lowest BCUT2D eigenvalue weighted by molar-refractivity contribution is 0.470. The molecule has 39 heavy (non-hydrogen) atoms. The first kappa shape index (κ1) is 26.4. The summed E-state index contributed by atoms with van der Waals surface area (Å²) in [7, 11) is -3.56. The summed E-state index contributed by atoms with van der Waals surface area (Å²) in [5.41, 5.74) is 4.21. The van der Waals surface area contributed by atoms with Gasteiger partial charge < -0.3 is 13.7 Å². The number of pyridine rings is 1. The SMILES string of the molecule is CCS(=O)(=O)Nc1ccc(Oc2c(C)cc(F)cc2C)c(-n2cc(C)c(=O)c3c2C=C(c2nnc(C)o2)C3)c1. The highest BCUT2D eigenvalue weighted by atomic mass is 32.2. The Hall–Kier alpha value is -4.25. The number of ether oxygens (including phenoxy) is 1. The Morgan fingerprint density at radius 2 is 1.79 bits per heavy atom. The summed E-state index contributed by atoms with van der Waals surface area (Å²) >= 11 is 0. The topological polar surface area (TPSA) is 116 Å². The van der Waals surface area contributed by atoms with Crippen LogP contribution in [0.4, 0.5) is 10.1 Å². The van der Waals surface area contributed by atoms with Gasteiger partial charge in [0.2, 0.25) is 21.8 Å². The first-order valence-corrected chi connectivity index (χ1v) is 14.0. The van der Waals surface area contributed by atoms with Crippen LogP contribution in [-0.4, -0.2) is 28.9 Å². The first-order chi connectivity index (χ1) is 18.5. The molecular weight excluding hydrogens is 523 g/mol. The van der Waals surface area contributed by atoms with E-state index in [0.717, 1.165) is 0 Å². The summed E-state index contributed by atoms with van der Waals surface area (Å²) in [5.74, 6) is 1.12. The molecule has 2 aromatic carbocycles. The second kappa shape index (κ2) is 9.81. The molecule has 2 heterocycles. The molecule has 9 nitrogen and oxygen atoms in total. The lowest BCUT2D eigenvalue weighted by atomic mass is 10.1. The largest absolute Gasteiger partial charge is 0.455 e. The Morgan fingerprint density at radius 3 is 2.44 bits per heavy atom. The minimum Gasteiger partial charge on any atom is -0.455 e. The van der Waals surface area contributed by atoms with Crippen LogP contribution in [-0.2, 0) is 16.4 Å². The molecule has 5 rings (SSSR count). The molecule has 11 heteroatoms. The third-order valence-corrected chi connectivity index (χ3v) is 7.82. The van der Waals surface area contributed by atoms with Crippen molar-refractivity contribution in [2.45, 2.75) is 41.0 Å². The highest BCUT2D eigenvalue weighted by Gasteiger charge is 2.26. The van der Waals surface area contributed by atoms with Gasteiger partial charge in [0.05, 0.1) is 22.8 Å². The minimum absolute atomic E-state index is 0.100. The van der Waals surface area contributed by atoms with Crippen molar-refractivity contribution in [1.82, 2.24) is 14.8 Å². The molecule has 1 aliphatic rings. The number of anilines is 1.